The van der Waals surface area contributed by atoms with Crippen LogP contribution >= 0.6 is 11.8 Å². The molecule has 0 saturated carbocycles. The third kappa shape index (κ3) is 4.84. The van der Waals surface area contributed by atoms with E-state index in [0.29, 0.717) is 30.5 Å². The van der Waals surface area contributed by atoms with E-state index in [1.807, 2.05) is 0 Å². The van der Waals surface area contributed by atoms with E-state index in [2.05, 4.69) is 22.1 Å². The molecule has 1 fully saturated rings. The van der Waals surface area contributed by atoms with Crippen molar-refractivity contribution in [3.05, 3.63) is 18.5 Å². The van der Waals surface area contributed by atoms with E-state index < -0.39 is 9.84 Å². The average molecular weight is 345 g/mol. The maximum absolute atomic E-state index is 11.7. The highest BCUT2D eigenvalue weighted by molar-refractivity contribution is 8.00. The molecule has 2 atom stereocenters. The first-order chi connectivity index (χ1) is 10.4. The monoisotopic (exact) mass is 345 g/mol. The van der Waals surface area contributed by atoms with Gasteiger partial charge < -0.3 is 9.73 Å². The molecule has 0 aliphatic carbocycles. The van der Waals surface area contributed by atoms with Crippen molar-refractivity contribution >= 4 is 27.5 Å². The van der Waals surface area contributed by atoms with E-state index in [1.165, 1.54) is 11.8 Å². The van der Waals surface area contributed by atoms with Crippen LogP contribution in [0.3, 0.4) is 0 Å². The van der Waals surface area contributed by atoms with Crippen LogP contribution in [0.1, 0.15) is 19.2 Å². The van der Waals surface area contributed by atoms with Gasteiger partial charge in [0.15, 0.2) is 9.84 Å². The molecule has 0 bridgehead atoms. The summed E-state index contributed by atoms with van der Waals surface area (Å²) in [5.41, 5.74) is 0. The Balaban J connectivity index is 1.86. The zero-order valence-electron chi connectivity index (χ0n) is 12.3. The van der Waals surface area contributed by atoms with Crippen LogP contribution in [0.25, 0.3) is 0 Å². The predicted molar refractivity (Wildman–Crippen MR) is 83.3 cm³/mol. The zero-order valence-corrected chi connectivity index (χ0v) is 14.0. The first-order valence-corrected chi connectivity index (χ1v) is 9.68. The molecule has 2 heterocycles. The lowest BCUT2D eigenvalue weighted by Gasteiger charge is -2.07. The topological polar surface area (TPSA) is 102 Å². The highest BCUT2D eigenvalue weighted by Crippen LogP contribution is 2.25. The molecule has 0 radical (unpaired) electrons. The highest BCUT2D eigenvalue weighted by Gasteiger charge is 2.29. The van der Waals surface area contributed by atoms with Gasteiger partial charge in [-0.3, -0.25) is 4.79 Å². The van der Waals surface area contributed by atoms with E-state index in [4.69, 9.17) is 4.42 Å². The molecule has 1 aliphatic heterocycles. The van der Waals surface area contributed by atoms with Crippen LogP contribution in [-0.4, -0.2) is 47.8 Å². The molecule has 1 saturated heterocycles. The number of carbonyl (C=O) groups excluding carboxylic acids is 1. The summed E-state index contributed by atoms with van der Waals surface area (Å²) in [6.07, 6.45) is 2.70. The maximum atomic E-state index is 11.7. The lowest BCUT2D eigenvalue weighted by Crippen LogP contribution is -2.30. The minimum atomic E-state index is -2.90. The van der Waals surface area contributed by atoms with Gasteiger partial charge in [-0.15, -0.1) is 16.8 Å². The second kappa shape index (κ2) is 7.28. The molecule has 0 aromatic carbocycles. The fraction of sp³-hybridized carbons (Fsp3) is 0.615. The summed E-state index contributed by atoms with van der Waals surface area (Å²) in [4.78, 5) is 11.7. The lowest BCUT2D eigenvalue weighted by molar-refractivity contribution is -0.120. The van der Waals surface area contributed by atoms with Gasteiger partial charge >= 0.3 is 0 Å². The third-order valence-electron chi connectivity index (χ3n) is 3.31. The van der Waals surface area contributed by atoms with Crippen LogP contribution in [0.4, 0.5) is 0 Å². The van der Waals surface area contributed by atoms with Gasteiger partial charge in [-0.1, -0.05) is 17.8 Å². The number of carbonyl (C=O) groups is 1. The number of sulfone groups is 1. The minimum Gasteiger partial charge on any atom is -0.416 e. The van der Waals surface area contributed by atoms with E-state index in [-0.39, 0.29) is 28.6 Å². The van der Waals surface area contributed by atoms with Crippen molar-refractivity contribution in [3.63, 3.8) is 0 Å². The van der Waals surface area contributed by atoms with Gasteiger partial charge in [-0.25, -0.2) is 8.42 Å². The van der Waals surface area contributed by atoms with E-state index in [1.54, 1.807) is 13.0 Å². The highest BCUT2D eigenvalue weighted by atomic mass is 32.2. The van der Waals surface area contributed by atoms with Crippen molar-refractivity contribution in [1.82, 2.24) is 15.5 Å². The van der Waals surface area contributed by atoms with Crippen molar-refractivity contribution in [1.29, 1.82) is 0 Å². The lowest BCUT2D eigenvalue weighted by atomic mass is 10.1. The summed E-state index contributed by atoms with van der Waals surface area (Å²) in [6, 6.07) is 0. The van der Waals surface area contributed by atoms with Gasteiger partial charge in [0.1, 0.15) is 0 Å². The normalized spacial score (nSPS) is 21.4. The van der Waals surface area contributed by atoms with Crippen molar-refractivity contribution in [2.45, 2.75) is 30.2 Å². The summed E-state index contributed by atoms with van der Waals surface area (Å²) in [5.74, 6) is 0.734. The molecule has 0 spiro atoms. The third-order valence-corrected chi connectivity index (χ3v) is 6.08. The van der Waals surface area contributed by atoms with E-state index in [0.717, 1.165) is 0 Å². The molecule has 1 N–H and O–H groups in total. The molecule has 1 aromatic heterocycles. The van der Waals surface area contributed by atoms with Crippen molar-refractivity contribution in [3.8, 4) is 0 Å². The Morgan fingerprint density at radius 1 is 1.59 bits per heavy atom. The summed E-state index contributed by atoms with van der Waals surface area (Å²) in [6.45, 7) is 5.69. The number of thioether (sulfide) groups is 1. The van der Waals surface area contributed by atoms with Crippen LogP contribution < -0.4 is 5.32 Å². The number of rotatable bonds is 7. The van der Waals surface area contributed by atoms with Gasteiger partial charge in [0.05, 0.1) is 16.8 Å². The smallest absolute Gasteiger partial charge is 0.277 e. The van der Waals surface area contributed by atoms with Crippen LogP contribution in [0.2, 0.25) is 0 Å². The van der Waals surface area contributed by atoms with Gasteiger partial charge in [0.2, 0.25) is 11.8 Å². The van der Waals surface area contributed by atoms with Crippen molar-refractivity contribution in [2.75, 3.05) is 18.1 Å². The first-order valence-electron chi connectivity index (χ1n) is 6.97. The van der Waals surface area contributed by atoms with Gasteiger partial charge in [-0.05, 0) is 19.3 Å². The summed E-state index contributed by atoms with van der Waals surface area (Å²) >= 11 is 1.18. The minimum absolute atomic E-state index is 0.0385. The van der Waals surface area contributed by atoms with Crippen LogP contribution in [0.5, 0.6) is 0 Å². The van der Waals surface area contributed by atoms with Gasteiger partial charge in [0, 0.05) is 13.0 Å². The van der Waals surface area contributed by atoms with Gasteiger partial charge in [-0.2, -0.15) is 0 Å². The molecule has 0 unspecified atom stereocenters. The van der Waals surface area contributed by atoms with Crippen molar-refractivity contribution < 1.29 is 17.6 Å². The molecule has 122 valence electrons. The average Bonchev–Trinajstić information content (AvgIpc) is 3.02. The maximum Gasteiger partial charge on any atom is 0.277 e. The molecular weight excluding hydrogens is 326 g/mol. The number of hydrogen-bond donors (Lipinski definition) is 1. The number of nitrogens with one attached hydrogen (secondary N) is 1. The Hall–Kier alpha value is -1.35. The number of hydrogen-bond acceptors (Lipinski definition) is 7. The Morgan fingerprint density at radius 2 is 2.36 bits per heavy atom. The summed E-state index contributed by atoms with van der Waals surface area (Å²) in [7, 11) is -2.90. The largest absolute Gasteiger partial charge is 0.416 e. The number of amides is 1. The molecule has 9 heteroatoms. The second-order valence-electron chi connectivity index (χ2n) is 5.23. The SMILES string of the molecule is C=CCNC(=O)[C@@H](C)Sc1nnc(C[C@H]2CCS(=O)(=O)C2)o1. The standard InChI is InChI=1S/C13H19N3O4S2/c1-3-5-14-12(17)9(2)21-13-16-15-11(20-13)7-10-4-6-22(18,19)8-10/h3,9-10H,1,4-8H2,2H3,(H,14,17)/t9-,10-/m1/s1. The first kappa shape index (κ1) is 17.0. The molecule has 7 nitrogen and oxygen atoms in total. The fourth-order valence-electron chi connectivity index (χ4n) is 2.17. The molecule has 1 aliphatic rings. The Morgan fingerprint density at radius 3 is 3.00 bits per heavy atom. The van der Waals surface area contributed by atoms with E-state index >= 15 is 0 Å². The zero-order chi connectivity index (χ0) is 16.2. The Kier molecular flexibility index (Phi) is 5.63. The summed E-state index contributed by atoms with van der Waals surface area (Å²) in [5, 5.41) is 10.5. The molecule has 2 rings (SSSR count). The number of nitrogens with zero attached hydrogens (tertiary/aromatic N) is 2. The predicted octanol–water partition coefficient (Wildman–Crippen LogP) is 0.830. The van der Waals surface area contributed by atoms with Crippen LogP contribution in [-0.2, 0) is 21.1 Å². The van der Waals surface area contributed by atoms with Crippen LogP contribution in [0.15, 0.2) is 22.3 Å². The quantitative estimate of drug-likeness (QED) is 0.577. The summed E-state index contributed by atoms with van der Waals surface area (Å²) < 4.78 is 28.3. The van der Waals surface area contributed by atoms with Crippen LogP contribution in [0, 0.1) is 5.92 Å². The molecule has 1 aromatic rings. The fourth-order valence-corrected chi connectivity index (χ4v) is 4.76. The van der Waals surface area contributed by atoms with E-state index in [9.17, 15) is 13.2 Å². The van der Waals surface area contributed by atoms with Gasteiger partial charge in [0.25, 0.3) is 5.22 Å². The molecule has 1 amide bonds. The molecular formula is C13H19N3O4S2. The molecule has 22 heavy (non-hydrogen) atoms. The number of aromatic nitrogens is 2. The van der Waals surface area contributed by atoms with Crippen molar-refractivity contribution in [2.24, 2.45) is 5.92 Å². The second-order valence-corrected chi connectivity index (χ2v) is 8.75. The Bertz CT molecular complexity index is 641. The Labute approximate surface area is 133 Å².